The van der Waals surface area contributed by atoms with Crippen LogP contribution in [0.4, 0.5) is 0 Å². The maximum Gasteiger partial charge on any atom is 0.269 e. The van der Waals surface area contributed by atoms with Gasteiger partial charge < -0.3 is 4.74 Å². The first kappa shape index (κ1) is 22.9. The van der Waals surface area contributed by atoms with Crippen molar-refractivity contribution in [3.8, 4) is 5.75 Å². The Hall–Kier alpha value is -3.76. The molecule has 2 aromatic carbocycles. The molecule has 2 amide bonds. The summed E-state index contributed by atoms with van der Waals surface area (Å²) < 4.78 is 31.1. The van der Waals surface area contributed by atoms with Crippen LogP contribution in [-0.2, 0) is 16.6 Å². The lowest BCUT2D eigenvalue weighted by Crippen LogP contribution is -2.41. The Labute approximate surface area is 186 Å². The largest absolute Gasteiger partial charge is 0.489 e. The Kier molecular flexibility index (Phi) is 7.18. The monoisotopic (exact) mass is 454 g/mol. The predicted molar refractivity (Wildman–Crippen MR) is 117 cm³/mol. The summed E-state index contributed by atoms with van der Waals surface area (Å²) in [6, 6.07) is 15.6. The van der Waals surface area contributed by atoms with E-state index >= 15 is 0 Å². The van der Waals surface area contributed by atoms with Gasteiger partial charge in [0.25, 0.3) is 11.8 Å². The lowest BCUT2D eigenvalue weighted by Gasteiger charge is -2.12. The maximum atomic E-state index is 12.3. The standard InChI is InChI=1S/C22H22N4O5S/c1-26(2)32(29,30)20-7-3-6-18(13-20)22(28)25-24-21(27)17-8-10-19(11-9-17)31-15-16-5-4-12-23-14-16/h3-14H,15H2,1-2H3,(H,24,27)(H,25,28). The van der Waals surface area contributed by atoms with Gasteiger partial charge in [-0.25, -0.2) is 12.7 Å². The minimum atomic E-state index is -3.68. The number of benzene rings is 2. The molecule has 0 radical (unpaired) electrons. The molecular formula is C22H22N4O5S. The molecule has 0 spiro atoms. The third kappa shape index (κ3) is 5.68. The highest BCUT2D eigenvalue weighted by Crippen LogP contribution is 2.15. The minimum Gasteiger partial charge on any atom is -0.489 e. The lowest BCUT2D eigenvalue weighted by atomic mass is 10.2. The number of aromatic nitrogens is 1. The van der Waals surface area contributed by atoms with Gasteiger partial charge in [-0.2, -0.15) is 0 Å². The number of rotatable bonds is 7. The average Bonchev–Trinajstić information content (AvgIpc) is 2.82. The topological polar surface area (TPSA) is 118 Å². The van der Waals surface area contributed by atoms with Crippen LogP contribution in [0.15, 0.2) is 78.0 Å². The SMILES string of the molecule is CN(C)S(=O)(=O)c1cccc(C(=O)NNC(=O)c2ccc(OCc3cccnc3)cc2)c1. The minimum absolute atomic E-state index is 0.0247. The van der Waals surface area contributed by atoms with Gasteiger partial charge >= 0.3 is 0 Å². The van der Waals surface area contributed by atoms with Crippen LogP contribution in [-0.4, -0.2) is 43.6 Å². The van der Waals surface area contributed by atoms with Crippen molar-refractivity contribution < 1.29 is 22.7 Å². The molecule has 3 aromatic rings. The molecule has 0 unspecified atom stereocenters. The van der Waals surface area contributed by atoms with Crippen LogP contribution in [0.3, 0.4) is 0 Å². The van der Waals surface area contributed by atoms with E-state index in [9.17, 15) is 18.0 Å². The highest BCUT2D eigenvalue weighted by molar-refractivity contribution is 7.89. The van der Waals surface area contributed by atoms with E-state index in [2.05, 4.69) is 15.8 Å². The Morgan fingerprint density at radius 3 is 2.25 bits per heavy atom. The highest BCUT2D eigenvalue weighted by atomic mass is 32.2. The molecule has 166 valence electrons. The molecule has 3 rings (SSSR count). The molecule has 0 aliphatic heterocycles. The highest BCUT2D eigenvalue weighted by Gasteiger charge is 2.19. The van der Waals surface area contributed by atoms with Crippen LogP contribution in [0.2, 0.25) is 0 Å². The average molecular weight is 455 g/mol. The molecule has 0 bridgehead atoms. The first-order chi connectivity index (χ1) is 15.3. The van der Waals surface area contributed by atoms with E-state index in [1.807, 2.05) is 12.1 Å². The third-order valence-electron chi connectivity index (χ3n) is 4.41. The summed E-state index contributed by atoms with van der Waals surface area (Å²) in [4.78, 5) is 28.6. The number of sulfonamides is 1. The van der Waals surface area contributed by atoms with Crippen molar-refractivity contribution in [2.45, 2.75) is 11.5 Å². The molecule has 1 heterocycles. The maximum absolute atomic E-state index is 12.3. The summed E-state index contributed by atoms with van der Waals surface area (Å²) in [5, 5.41) is 0. The van der Waals surface area contributed by atoms with E-state index in [1.54, 1.807) is 36.7 Å². The number of pyridine rings is 1. The Bertz CT molecular complexity index is 1200. The fraction of sp³-hybridized carbons (Fsp3) is 0.136. The molecule has 0 fully saturated rings. The van der Waals surface area contributed by atoms with E-state index in [4.69, 9.17) is 4.74 Å². The molecule has 10 heteroatoms. The van der Waals surface area contributed by atoms with Crippen LogP contribution in [0.5, 0.6) is 5.75 Å². The Balaban J connectivity index is 1.57. The zero-order valence-corrected chi connectivity index (χ0v) is 18.3. The normalized spacial score (nSPS) is 11.1. The van der Waals surface area contributed by atoms with Crippen LogP contribution < -0.4 is 15.6 Å². The molecule has 0 atom stereocenters. The summed E-state index contributed by atoms with van der Waals surface area (Å²) in [6.45, 7) is 0.345. The first-order valence-corrected chi connectivity index (χ1v) is 11.0. The summed E-state index contributed by atoms with van der Waals surface area (Å²) in [6.07, 6.45) is 3.38. The van der Waals surface area contributed by atoms with E-state index < -0.39 is 21.8 Å². The van der Waals surface area contributed by atoms with Crippen LogP contribution in [0.1, 0.15) is 26.3 Å². The lowest BCUT2D eigenvalue weighted by molar-refractivity contribution is 0.0846. The molecule has 0 saturated heterocycles. The Morgan fingerprint density at radius 1 is 0.938 bits per heavy atom. The second kappa shape index (κ2) is 10.0. The Morgan fingerprint density at radius 2 is 1.62 bits per heavy atom. The molecular weight excluding hydrogens is 432 g/mol. The van der Waals surface area contributed by atoms with Crippen LogP contribution in [0.25, 0.3) is 0 Å². The van der Waals surface area contributed by atoms with Gasteiger partial charge in [-0.3, -0.25) is 25.4 Å². The third-order valence-corrected chi connectivity index (χ3v) is 6.22. The number of ether oxygens (including phenoxy) is 1. The predicted octanol–water partition coefficient (Wildman–Crippen LogP) is 1.99. The number of carbonyl (C=O) groups excluding carboxylic acids is 2. The molecule has 0 aliphatic rings. The number of carbonyl (C=O) groups is 2. The van der Waals surface area contributed by atoms with Crippen LogP contribution in [0, 0.1) is 0 Å². The van der Waals surface area contributed by atoms with Crippen molar-refractivity contribution >= 4 is 21.8 Å². The van der Waals surface area contributed by atoms with Gasteiger partial charge in [0.1, 0.15) is 12.4 Å². The number of hydrogen-bond acceptors (Lipinski definition) is 6. The quantitative estimate of drug-likeness (QED) is 0.527. The van der Waals surface area contributed by atoms with Gasteiger partial charge in [0.2, 0.25) is 10.0 Å². The van der Waals surface area contributed by atoms with E-state index in [0.29, 0.717) is 17.9 Å². The van der Waals surface area contributed by atoms with E-state index in [0.717, 1.165) is 9.87 Å². The molecule has 9 nitrogen and oxygen atoms in total. The molecule has 0 aliphatic carbocycles. The van der Waals surface area contributed by atoms with Crippen molar-refractivity contribution in [2.75, 3.05) is 14.1 Å². The van der Waals surface area contributed by atoms with Gasteiger partial charge in [0, 0.05) is 43.2 Å². The van der Waals surface area contributed by atoms with E-state index in [1.165, 1.54) is 38.4 Å². The first-order valence-electron chi connectivity index (χ1n) is 9.52. The molecule has 32 heavy (non-hydrogen) atoms. The van der Waals surface area contributed by atoms with Gasteiger partial charge in [-0.15, -0.1) is 0 Å². The van der Waals surface area contributed by atoms with Gasteiger partial charge in [-0.05, 0) is 48.5 Å². The molecule has 2 N–H and O–H groups in total. The summed E-state index contributed by atoms with van der Waals surface area (Å²) in [7, 11) is -0.883. The van der Waals surface area contributed by atoms with Crippen molar-refractivity contribution in [2.24, 2.45) is 0 Å². The van der Waals surface area contributed by atoms with Crippen molar-refractivity contribution in [1.29, 1.82) is 0 Å². The second-order valence-electron chi connectivity index (χ2n) is 6.90. The van der Waals surface area contributed by atoms with Gasteiger partial charge in [0.15, 0.2) is 0 Å². The fourth-order valence-corrected chi connectivity index (χ4v) is 3.57. The summed E-state index contributed by atoms with van der Waals surface area (Å²) in [5.41, 5.74) is 5.90. The molecule has 0 saturated carbocycles. The van der Waals surface area contributed by atoms with Crippen molar-refractivity contribution in [3.63, 3.8) is 0 Å². The number of hydrazine groups is 1. The fourth-order valence-electron chi connectivity index (χ4n) is 2.62. The van der Waals surface area contributed by atoms with E-state index in [-0.39, 0.29) is 10.5 Å². The second-order valence-corrected chi connectivity index (χ2v) is 9.05. The summed E-state index contributed by atoms with van der Waals surface area (Å²) in [5.74, 6) is -0.604. The van der Waals surface area contributed by atoms with Gasteiger partial charge in [0.05, 0.1) is 4.90 Å². The zero-order chi connectivity index (χ0) is 23.1. The number of nitrogens with zero attached hydrogens (tertiary/aromatic N) is 2. The zero-order valence-electron chi connectivity index (χ0n) is 17.5. The smallest absolute Gasteiger partial charge is 0.269 e. The number of nitrogens with one attached hydrogen (secondary N) is 2. The molecule has 1 aromatic heterocycles. The number of amides is 2. The van der Waals surface area contributed by atoms with Crippen molar-refractivity contribution in [3.05, 3.63) is 89.7 Å². The van der Waals surface area contributed by atoms with Gasteiger partial charge in [-0.1, -0.05) is 12.1 Å². The summed E-state index contributed by atoms with van der Waals surface area (Å²) >= 11 is 0. The van der Waals surface area contributed by atoms with Crippen LogP contribution >= 0.6 is 0 Å². The number of hydrogen-bond donors (Lipinski definition) is 2. The van der Waals surface area contributed by atoms with Crippen molar-refractivity contribution in [1.82, 2.24) is 20.1 Å².